The molecule has 0 fully saturated rings. The van der Waals surface area contributed by atoms with Gasteiger partial charge < -0.3 is 20.3 Å². The third-order valence-electron chi connectivity index (χ3n) is 5.68. The van der Waals surface area contributed by atoms with Crippen molar-refractivity contribution in [2.75, 3.05) is 6.54 Å². The normalized spacial score (nSPS) is 13.4. The lowest BCUT2D eigenvalue weighted by Crippen LogP contribution is -2.55. The SMILES string of the molecule is CCCCNC(=O)C(c1c(C)cccc1C)N(C(=O)C(CC(C)C)NC(=O)OC(C)(C)C)C(C)C. The van der Waals surface area contributed by atoms with E-state index in [1.807, 2.05) is 59.7 Å². The Morgan fingerprint density at radius 1 is 1.03 bits per heavy atom. The Hall–Kier alpha value is -2.57. The number of carbonyl (C=O) groups excluding carboxylic acids is 3. The summed E-state index contributed by atoms with van der Waals surface area (Å²) in [5.74, 6) is -0.360. The summed E-state index contributed by atoms with van der Waals surface area (Å²) in [6.45, 7) is 19.7. The molecule has 2 N–H and O–H groups in total. The van der Waals surface area contributed by atoms with E-state index in [0.717, 1.165) is 29.5 Å². The molecule has 0 saturated heterocycles. The van der Waals surface area contributed by atoms with Gasteiger partial charge in [0.1, 0.15) is 17.7 Å². The molecule has 198 valence electrons. The largest absolute Gasteiger partial charge is 0.444 e. The van der Waals surface area contributed by atoms with Gasteiger partial charge in [-0.15, -0.1) is 0 Å². The highest BCUT2D eigenvalue weighted by Gasteiger charge is 2.39. The van der Waals surface area contributed by atoms with Crippen molar-refractivity contribution in [2.24, 2.45) is 5.92 Å². The monoisotopic (exact) mass is 489 g/mol. The zero-order valence-corrected chi connectivity index (χ0v) is 23.5. The molecule has 1 rings (SSSR count). The number of nitrogens with zero attached hydrogens (tertiary/aromatic N) is 1. The Morgan fingerprint density at radius 2 is 1.60 bits per heavy atom. The fraction of sp³-hybridized carbons (Fsp3) is 0.679. The lowest BCUT2D eigenvalue weighted by atomic mass is 9.92. The quantitative estimate of drug-likeness (QED) is 0.405. The number of unbranched alkanes of at least 4 members (excludes halogenated alkanes) is 1. The predicted molar refractivity (Wildman–Crippen MR) is 141 cm³/mol. The minimum absolute atomic E-state index is 0.143. The Morgan fingerprint density at radius 3 is 2.06 bits per heavy atom. The van der Waals surface area contributed by atoms with Gasteiger partial charge in [0.25, 0.3) is 0 Å². The molecule has 0 radical (unpaired) electrons. The van der Waals surface area contributed by atoms with E-state index in [9.17, 15) is 14.4 Å². The maximum Gasteiger partial charge on any atom is 0.408 e. The van der Waals surface area contributed by atoms with Crippen LogP contribution in [0.2, 0.25) is 0 Å². The number of hydrogen-bond acceptors (Lipinski definition) is 4. The number of carbonyl (C=O) groups is 3. The number of rotatable bonds is 11. The van der Waals surface area contributed by atoms with E-state index in [-0.39, 0.29) is 23.8 Å². The van der Waals surface area contributed by atoms with Crippen molar-refractivity contribution in [3.63, 3.8) is 0 Å². The Labute approximate surface area is 212 Å². The second kappa shape index (κ2) is 13.5. The molecule has 0 spiro atoms. The smallest absolute Gasteiger partial charge is 0.408 e. The van der Waals surface area contributed by atoms with Gasteiger partial charge in [-0.25, -0.2) is 4.79 Å². The summed E-state index contributed by atoms with van der Waals surface area (Å²) in [4.78, 5) is 41.9. The van der Waals surface area contributed by atoms with Gasteiger partial charge in [-0.2, -0.15) is 0 Å². The maximum atomic E-state index is 14.1. The molecule has 0 aromatic heterocycles. The summed E-state index contributed by atoms with van der Waals surface area (Å²) in [5.41, 5.74) is 2.02. The molecule has 1 aromatic rings. The topological polar surface area (TPSA) is 87.7 Å². The van der Waals surface area contributed by atoms with Gasteiger partial charge in [-0.05, 0) is 83.9 Å². The molecule has 0 saturated carbocycles. The average molecular weight is 490 g/mol. The van der Waals surface area contributed by atoms with Gasteiger partial charge in [0.05, 0.1) is 0 Å². The van der Waals surface area contributed by atoms with Crippen LogP contribution in [-0.4, -0.2) is 47.0 Å². The molecular weight excluding hydrogens is 442 g/mol. The van der Waals surface area contributed by atoms with Gasteiger partial charge in [-0.3, -0.25) is 9.59 Å². The highest BCUT2D eigenvalue weighted by atomic mass is 16.6. The van der Waals surface area contributed by atoms with Crippen molar-refractivity contribution in [1.82, 2.24) is 15.5 Å². The highest BCUT2D eigenvalue weighted by Crippen LogP contribution is 2.30. The fourth-order valence-corrected chi connectivity index (χ4v) is 4.14. The van der Waals surface area contributed by atoms with Crippen LogP contribution in [0, 0.1) is 19.8 Å². The average Bonchev–Trinajstić information content (AvgIpc) is 2.70. The van der Waals surface area contributed by atoms with E-state index in [1.165, 1.54) is 0 Å². The number of aryl methyl sites for hydroxylation is 2. The van der Waals surface area contributed by atoms with E-state index in [4.69, 9.17) is 4.74 Å². The number of nitrogens with one attached hydrogen (secondary N) is 2. The van der Waals surface area contributed by atoms with E-state index in [0.29, 0.717) is 13.0 Å². The first kappa shape index (κ1) is 30.5. The summed E-state index contributed by atoms with van der Waals surface area (Å²) in [6.07, 6.45) is 1.60. The van der Waals surface area contributed by atoms with Crippen LogP contribution in [-0.2, 0) is 14.3 Å². The zero-order chi connectivity index (χ0) is 26.9. The number of alkyl carbamates (subject to hydrolysis) is 1. The molecule has 7 heteroatoms. The Balaban J connectivity index is 3.51. The van der Waals surface area contributed by atoms with Gasteiger partial charge >= 0.3 is 6.09 Å². The molecule has 0 heterocycles. The summed E-state index contributed by atoms with van der Waals surface area (Å²) < 4.78 is 5.44. The van der Waals surface area contributed by atoms with Crippen molar-refractivity contribution in [3.05, 3.63) is 34.9 Å². The van der Waals surface area contributed by atoms with Crippen LogP contribution in [0.5, 0.6) is 0 Å². The van der Waals surface area contributed by atoms with E-state index in [1.54, 1.807) is 25.7 Å². The lowest BCUT2D eigenvalue weighted by Gasteiger charge is -2.38. The summed E-state index contributed by atoms with van der Waals surface area (Å²) in [5, 5.41) is 5.82. The molecule has 0 aliphatic heterocycles. The van der Waals surface area contributed by atoms with Crippen LogP contribution in [0.25, 0.3) is 0 Å². The third kappa shape index (κ3) is 9.54. The molecule has 2 unspecified atom stereocenters. The molecule has 0 bridgehead atoms. The van der Waals surface area contributed by atoms with Gasteiger partial charge in [0, 0.05) is 12.6 Å². The standard InChI is InChI=1S/C28H47N3O4/c1-11-12-16-29-25(32)24(23-20(6)14-13-15-21(23)7)31(19(4)5)26(33)22(17-18(2)3)30-27(34)35-28(8,9)10/h13-15,18-19,22,24H,11-12,16-17H2,1-10H3,(H,29,32)(H,30,34). The van der Waals surface area contributed by atoms with E-state index >= 15 is 0 Å². The van der Waals surface area contributed by atoms with Crippen molar-refractivity contribution in [3.8, 4) is 0 Å². The van der Waals surface area contributed by atoms with Crippen LogP contribution in [0.1, 0.15) is 97.4 Å². The summed E-state index contributed by atoms with van der Waals surface area (Å²) in [7, 11) is 0. The molecule has 7 nitrogen and oxygen atoms in total. The van der Waals surface area contributed by atoms with Crippen molar-refractivity contribution in [1.29, 1.82) is 0 Å². The van der Waals surface area contributed by atoms with E-state index in [2.05, 4.69) is 17.6 Å². The molecule has 35 heavy (non-hydrogen) atoms. The van der Waals surface area contributed by atoms with Crippen LogP contribution in [0.4, 0.5) is 4.79 Å². The fourth-order valence-electron chi connectivity index (χ4n) is 4.14. The van der Waals surface area contributed by atoms with Gasteiger partial charge in [0.15, 0.2) is 0 Å². The molecule has 3 amide bonds. The minimum atomic E-state index is -0.817. The van der Waals surface area contributed by atoms with Gasteiger partial charge in [-0.1, -0.05) is 45.4 Å². The van der Waals surface area contributed by atoms with Crippen LogP contribution < -0.4 is 10.6 Å². The van der Waals surface area contributed by atoms with Crippen LogP contribution in [0.3, 0.4) is 0 Å². The number of hydrogen-bond donors (Lipinski definition) is 2. The first-order valence-corrected chi connectivity index (χ1v) is 12.8. The summed E-state index contributed by atoms with van der Waals surface area (Å²) >= 11 is 0. The zero-order valence-electron chi connectivity index (χ0n) is 23.5. The highest BCUT2D eigenvalue weighted by molar-refractivity contribution is 5.92. The molecular formula is C28H47N3O4. The first-order valence-electron chi connectivity index (χ1n) is 12.8. The van der Waals surface area contributed by atoms with Crippen molar-refractivity contribution >= 4 is 17.9 Å². The van der Waals surface area contributed by atoms with E-state index < -0.39 is 23.8 Å². The van der Waals surface area contributed by atoms with Crippen molar-refractivity contribution in [2.45, 2.75) is 112 Å². The Bertz CT molecular complexity index is 838. The second-order valence-corrected chi connectivity index (χ2v) is 11.0. The molecule has 0 aliphatic carbocycles. The molecule has 2 atom stereocenters. The van der Waals surface area contributed by atoms with Gasteiger partial charge in [0.2, 0.25) is 11.8 Å². The maximum absolute atomic E-state index is 14.1. The number of ether oxygens (including phenoxy) is 1. The Kier molecular flexibility index (Phi) is 11.7. The second-order valence-electron chi connectivity index (χ2n) is 11.0. The number of benzene rings is 1. The third-order valence-corrected chi connectivity index (χ3v) is 5.68. The molecule has 0 aliphatic rings. The van der Waals surface area contributed by atoms with Crippen molar-refractivity contribution < 1.29 is 19.1 Å². The summed E-state index contributed by atoms with van der Waals surface area (Å²) in [6, 6.07) is 3.97. The number of amides is 3. The molecule has 1 aromatic carbocycles. The lowest BCUT2D eigenvalue weighted by molar-refractivity contribution is -0.145. The first-order chi connectivity index (χ1) is 16.2. The van der Waals surface area contributed by atoms with Crippen LogP contribution >= 0.6 is 0 Å². The minimum Gasteiger partial charge on any atom is -0.444 e. The van der Waals surface area contributed by atoms with Crippen LogP contribution in [0.15, 0.2) is 18.2 Å². The predicted octanol–water partition coefficient (Wildman–Crippen LogP) is 5.44.